The van der Waals surface area contributed by atoms with E-state index in [0.717, 1.165) is 6.42 Å². The van der Waals surface area contributed by atoms with Gasteiger partial charge < -0.3 is 15.4 Å². The van der Waals surface area contributed by atoms with Crippen LogP contribution in [0.1, 0.15) is 18.4 Å². The molecule has 120 valence electrons. The molecule has 0 saturated carbocycles. The zero-order chi connectivity index (χ0) is 16.1. The number of carbonyl (C=O) groups is 2. The average molecular weight is 312 g/mol. The fourth-order valence-corrected chi connectivity index (χ4v) is 2.51. The molecule has 1 aromatic carbocycles. The lowest BCUT2D eigenvalue weighted by molar-refractivity contribution is -0.134. The average Bonchev–Trinajstić information content (AvgIpc) is 2.49. The van der Waals surface area contributed by atoms with E-state index < -0.39 is 6.61 Å². The second-order valence-corrected chi connectivity index (χ2v) is 5.28. The third kappa shape index (κ3) is 4.41. The Balaban J connectivity index is 1.92. The zero-order valence-electron chi connectivity index (χ0n) is 12.0. The number of nitrogens with two attached hydrogens (primary N) is 1. The molecule has 2 rings (SSSR count). The third-order valence-corrected chi connectivity index (χ3v) is 3.68. The Bertz CT molecular complexity index is 534. The summed E-state index contributed by atoms with van der Waals surface area (Å²) in [5.41, 5.74) is 5.99. The van der Waals surface area contributed by atoms with Crippen LogP contribution in [0, 0.1) is 5.92 Å². The van der Waals surface area contributed by atoms with Crippen molar-refractivity contribution in [2.75, 3.05) is 13.1 Å². The summed E-state index contributed by atoms with van der Waals surface area (Å²) in [6.07, 6.45) is 1.61. The maximum absolute atomic E-state index is 12.2. The van der Waals surface area contributed by atoms with Crippen LogP contribution in [0.2, 0.25) is 0 Å². The highest BCUT2D eigenvalue weighted by Gasteiger charge is 2.26. The predicted molar refractivity (Wildman–Crippen MR) is 75.3 cm³/mol. The molecule has 1 atom stereocenters. The standard InChI is InChI=1S/C15H18F2N2O3/c16-15(17)22-12-5-3-10(4-6-12)8-13(20)19-7-1-2-11(9-19)14(18)21/h3-6,11,15H,1-2,7-9H2,(H2,18,21). The number of ether oxygens (including phenoxy) is 1. The van der Waals surface area contributed by atoms with Crippen molar-refractivity contribution < 1.29 is 23.1 Å². The van der Waals surface area contributed by atoms with Crippen LogP contribution in [0.15, 0.2) is 24.3 Å². The molecule has 0 bridgehead atoms. The molecule has 1 unspecified atom stereocenters. The Morgan fingerprint density at radius 2 is 2.00 bits per heavy atom. The van der Waals surface area contributed by atoms with Crippen molar-refractivity contribution in [3.63, 3.8) is 0 Å². The lowest BCUT2D eigenvalue weighted by atomic mass is 9.97. The van der Waals surface area contributed by atoms with Gasteiger partial charge in [0.15, 0.2) is 0 Å². The van der Waals surface area contributed by atoms with Gasteiger partial charge in [0.25, 0.3) is 0 Å². The second-order valence-electron chi connectivity index (χ2n) is 5.28. The molecular weight excluding hydrogens is 294 g/mol. The highest BCUT2D eigenvalue weighted by atomic mass is 19.3. The van der Waals surface area contributed by atoms with Crippen molar-refractivity contribution in [1.82, 2.24) is 4.90 Å². The number of piperidine rings is 1. The summed E-state index contributed by atoms with van der Waals surface area (Å²) >= 11 is 0. The predicted octanol–water partition coefficient (Wildman–Crippen LogP) is 1.55. The number of hydrogen-bond donors (Lipinski definition) is 1. The summed E-state index contributed by atoms with van der Waals surface area (Å²) in [5, 5.41) is 0. The summed E-state index contributed by atoms with van der Waals surface area (Å²) in [6.45, 7) is -1.91. The smallest absolute Gasteiger partial charge is 0.387 e. The molecule has 1 fully saturated rings. The molecule has 2 N–H and O–H groups in total. The molecule has 1 saturated heterocycles. The van der Waals surface area contributed by atoms with Crippen LogP contribution in [-0.4, -0.2) is 36.4 Å². The van der Waals surface area contributed by atoms with E-state index in [2.05, 4.69) is 4.74 Å². The van der Waals surface area contributed by atoms with Gasteiger partial charge in [-0.1, -0.05) is 12.1 Å². The molecule has 0 spiro atoms. The third-order valence-electron chi connectivity index (χ3n) is 3.68. The molecule has 0 aliphatic carbocycles. The van der Waals surface area contributed by atoms with Gasteiger partial charge in [-0.2, -0.15) is 8.78 Å². The van der Waals surface area contributed by atoms with E-state index >= 15 is 0 Å². The van der Waals surface area contributed by atoms with E-state index in [1.165, 1.54) is 12.1 Å². The summed E-state index contributed by atoms with van der Waals surface area (Å²) in [6, 6.07) is 5.95. The van der Waals surface area contributed by atoms with Crippen LogP contribution < -0.4 is 10.5 Å². The van der Waals surface area contributed by atoms with E-state index in [-0.39, 0.29) is 29.9 Å². The summed E-state index contributed by atoms with van der Waals surface area (Å²) in [7, 11) is 0. The largest absolute Gasteiger partial charge is 0.435 e. The summed E-state index contributed by atoms with van der Waals surface area (Å²) < 4.78 is 28.4. The van der Waals surface area contributed by atoms with Crippen molar-refractivity contribution in [1.29, 1.82) is 0 Å². The van der Waals surface area contributed by atoms with Gasteiger partial charge in [0.2, 0.25) is 11.8 Å². The first-order valence-electron chi connectivity index (χ1n) is 7.06. The van der Waals surface area contributed by atoms with E-state index in [4.69, 9.17) is 5.73 Å². The maximum Gasteiger partial charge on any atom is 0.387 e. The number of amides is 2. The minimum Gasteiger partial charge on any atom is -0.435 e. The SMILES string of the molecule is NC(=O)C1CCCN(C(=O)Cc2ccc(OC(F)F)cc2)C1. The minimum atomic E-state index is -2.87. The van der Waals surface area contributed by atoms with Crippen LogP contribution in [-0.2, 0) is 16.0 Å². The van der Waals surface area contributed by atoms with Crippen molar-refractivity contribution in [2.24, 2.45) is 11.7 Å². The molecule has 0 aromatic heterocycles. The van der Waals surface area contributed by atoms with Crippen molar-refractivity contribution in [3.05, 3.63) is 29.8 Å². The van der Waals surface area contributed by atoms with E-state index in [9.17, 15) is 18.4 Å². The minimum absolute atomic E-state index is 0.0537. The number of alkyl halides is 2. The molecule has 5 nitrogen and oxygen atoms in total. The van der Waals surface area contributed by atoms with Gasteiger partial charge in [-0.25, -0.2) is 0 Å². The molecule has 1 aliphatic heterocycles. The number of halogens is 2. The number of rotatable bonds is 5. The lowest BCUT2D eigenvalue weighted by Crippen LogP contribution is -2.44. The van der Waals surface area contributed by atoms with Gasteiger partial charge in [0.05, 0.1) is 12.3 Å². The van der Waals surface area contributed by atoms with E-state index in [0.29, 0.717) is 25.1 Å². The van der Waals surface area contributed by atoms with Gasteiger partial charge in [0.1, 0.15) is 5.75 Å². The quantitative estimate of drug-likeness (QED) is 0.896. The number of carbonyl (C=O) groups excluding carboxylic acids is 2. The fraction of sp³-hybridized carbons (Fsp3) is 0.467. The molecule has 0 radical (unpaired) electrons. The van der Waals surface area contributed by atoms with Crippen molar-refractivity contribution in [2.45, 2.75) is 25.9 Å². The zero-order valence-corrected chi connectivity index (χ0v) is 12.0. The Hall–Kier alpha value is -2.18. The van der Waals surface area contributed by atoms with Crippen molar-refractivity contribution >= 4 is 11.8 Å². The normalized spacial score (nSPS) is 18.3. The molecule has 1 aromatic rings. The summed E-state index contributed by atoms with van der Waals surface area (Å²) in [4.78, 5) is 25.1. The van der Waals surface area contributed by atoms with Crippen LogP contribution >= 0.6 is 0 Å². The number of nitrogens with zero attached hydrogens (tertiary/aromatic N) is 1. The second kappa shape index (κ2) is 7.20. The maximum atomic E-state index is 12.2. The number of primary amides is 1. The number of hydrogen-bond acceptors (Lipinski definition) is 3. The lowest BCUT2D eigenvalue weighted by Gasteiger charge is -2.31. The highest BCUT2D eigenvalue weighted by molar-refractivity contribution is 5.81. The highest BCUT2D eigenvalue weighted by Crippen LogP contribution is 2.19. The first kappa shape index (κ1) is 16.2. The fourth-order valence-electron chi connectivity index (χ4n) is 2.51. The molecule has 22 heavy (non-hydrogen) atoms. The van der Waals surface area contributed by atoms with E-state index in [1.54, 1.807) is 17.0 Å². The van der Waals surface area contributed by atoms with Crippen LogP contribution in [0.4, 0.5) is 8.78 Å². The Labute approximate surface area is 127 Å². The van der Waals surface area contributed by atoms with Gasteiger partial charge in [0, 0.05) is 13.1 Å². The molecule has 1 aliphatic rings. The van der Waals surface area contributed by atoms with Gasteiger partial charge in [-0.3, -0.25) is 9.59 Å². The van der Waals surface area contributed by atoms with Crippen molar-refractivity contribution in [3.8, 4) is 5.75 Å². The Morgan fingerprint density at radius 1 is 1.32 bits per heavy atom. The van der Waals surface area contributed by atoms with Crippen LogP contribution in [0.25, 0.3) is 0 Å². The molecule has 2 amide bonds. The van der Waals surface area contributed by atoms with Crippen LogP contribution in [0.3, 0.4) is 0 Å². The summed E-state index contributed by atoms with van der Waals surface area (Å²) in [5.74, 6) is -0.725. The monoisotopic (exact) mass is 312 g/mol. The Morgan fingerprint density at radius 3 is 2.59 bits per heavy atom. The Kier molecular flexibility index (Phi) is 5.30. The van der Waals surface area contributed by atoms with Gasteiger partial charge in [-0.05, 0) is 30.5 Å². The first-order chi connectivity index (χ1) is 10.5. The first-order valence-corrected chi connectivity index (χ1v) is 7.06. The van der Waals surface area contributed by atoms with Gasteiger partial charge >= 0.3 is 6.61 Å². The molecule has 7 heteroatoms. The topological polar surface area (TPSA) is 72.6 Å². The molecule has 1 heterocycles. The number of likely N-dealkylation sites (tertiary alicyclic amines) is 1. The van der Waals surface area contributed by atoms with Crippen LogP contribution in [0.5, 0.6) is 5.75 Å². The van der Waals surface area contributed by atoms with E-state index in [1.807, 2.05) is 0 Å². The van der Waals surface area contributed by atoms with Gasteiger partial charge in [-0.15, -0.1) is 0 Å². The number of benzene rings is 1. The molecular formula is C15H18F2N2O3.